The van der Waals surface area contributed by atoms with Crippen LogP contribution in [0, 0.1) is 5.92 Å². The first-order valence-corrected chi connectivity index (χ1v) is 9.26. The number of halogens is 3. The molecule has 0 saturated carbocycles. The van der Waals surface area contributed by atoms with Crippen LogP contribution in [0.1, 0.15) is 25.3 Å². The summed E-state index contributed by atoms with van der Waals surface area (Å²) in [7, 11) is 1.39. The number of benzene rings is 1. The summed E-state index contributed by atoms with van der Waals surface area (Å²) in [6.07, 6.45) is -3.01. The van der Waals surface area contributed by atoms with Gasteiger partial charge in [-0.1, -0.05) is 6.07 Å². The summed E-state index contributed by atoms with van der Waals surface area (Å²) < 4.78 is 48.4. The predicted molar refractivity (Wildman–Crippen MR) is 99.2 cm³/mol. The zero-order valence-corrected chi connectivity index (χ0v) is 16.1. The molecule has 1 N–H and O–H groups in total. The van der Waals surface area contributed by atoms with Crippen molar-refractivity contribution >= 4 is 11.9 Å². The van der Waals surface area contributed by atoms with Crippen LogP contribution < -0.4 is 10.1 Å². The molecule has 0 spiro atoms. The summed E-state index contributed by atoms with van der Waals surface area (Å²) in [4.78, 5) is 18.2. The second-order valence-corrected chi connectivity index (χ2v) is 6.39. The van der Waals surface area contributed by atoms with Crippen LogP contribution in [-0.4, -0.2) is 56.7 Å². The third-order valence-corrected chi connectivity index (χ3v) is 4.45. The number of likely N-dealkylation sites (tertiary alicyclic amines) is 1. The highest BCUT2D eigenvalue weighted by Crippen LogP contribution is 2.31. The maximum atomic E-state index is 12.7. The quantitative estimate of drug-likeness (QED) is 0.344. The number of hydrogen-bond donors (Lipinski definition) is 1. The molecule has 6 nitrogen and oxygen atoms in total. The van der Waals surface area contributed by atoms with Crippen LogP contribution in [0.25, 0.3) is 0 Å². The lowest BCUT2D eigenvalue weighted by Gasteiger charge is -2.33. The minimum atomic E-state index is -4.40. The molecule has 0 atom stereocenters. The van der Waals surface area contributed by atoms with Crippen LogP contribution in [0.3, 0.4) is 0 Å². The molecular weight excluding hydrogens is 375 g/mol. The van der Waals surface area contributed by atoms with Crippen LogP contribution in [-0.2, 0) is 15.7 Å². The van der Waals surface area contributed by atoms with E-state index in [1.165, 1.54) is 19.2 Å². The van der Waals surface area contributed by atoms with Crippen LogP contribution in [0.4, 0.5) is 13.2 Å². The van der Waals surface area contributed by atoms with Gasteiger partial charge in [0.05, 0.1) is 25.1 Å². The topological polar surface area (TPSA) is 63.2 Å². The normalized spacial score (nSPS) is 16.0. The highest BCUT2D eigenvalue weighted by molar-refractivity contribution is 5.80. The molecule has 156 valence electrons. The van der Waals surface area contributed by atoms with E-state index in [4.69, 9.17) is 9.47 Å². The number of methoxy groups -OCH3 is 1. The van der Waals surface area contributed by atoms with Crippen molar-refractivity contribution in [1.82, 2.24) is 10.2 Å². The second-order valence-electron chi connectivity index (χ2n) is 6.39. The molecule has 1 aliphatic rings. The third-order valence-electron chi connectivity index (χ3n) is 4.45. The number of hydrogen-bond acceptors (Lipinski definition) is 4. The van der Waals surface area contributed by atoms with Gasteiger partial charge < -0.3 is 19.7 Å². The molecule has 1 aromatic rings. The second kappa shape index (κ2) is 10.2. The van der Waals surface area contributed by atoms with Gasteiger partial charge in [0.1, 0.15) is 12.4 Å². The molecule has 0 aromatic heterocycles. The molecule has 0 amide bonds. The van der Waals surface area contributed by atoms with Crippen LogP contribution in [0.5, 0.6) is 5.75 Å². The summed E-state index contributed by atoms with van der Waals surface area (Å²) in [6.45, 7) is 4.46. The van der Waals surface area contributed by atoms with Gasteiger partial charge in [0, 0.05) is 19.6 Å². The fraction of sp³-hybridized carbons (Fsp3) is 0.579. The molecule has 0 radical (unpaired) electrons. The Hall–Kier alpha value is -2.45. The average molecular weight is 401 g/mol. The SMILES string of the molecule is CCNC(=NCCOc1cccc(C(F)(F)F)c1)N1CCC(C(=O)OC)CC1. The largest absolute Gasteiger partial charge is 0.492 e. The van der Waals surface area contributed by atoms with Crippen LogP contribution in [0.15, 0.2) is 29.3 Å². The van der Waals surface area contributed by atoms with E-state index in [9.17, 15) is 18.0 Å². The van der Waals surface area contributed by atoms with Gasteiger partial charge in [-0.2, -0.15) is 13.2 Å². The highest BCUT2D eigenvalue weighted by atomic mass is 19.4. The van der Waals surface area contributed by atoms with Crippen molar-refractivity contribution in [1.29, 1.82) is 0 Å². The van der Waals surface area contributed by atoms with Crippen molar-refractivity contribution < 1.29 is 27.4 Å². The number of rotatable bonds is 6. The van der Waals surface area contributed by atoms with Crippen molar-refractivity contribution in [2.45, 2.75) is 25.9 Å². The Morgan fingerprint density at radius 3 is 2.64 bits per heavy atom. The maximum Gasteiger partial charge on any atom is 0.416 e. The summed E-state index contributed by atoms with van der Waals surface area (Å²) in [6, 6.07) is 4.79. The molecule has 0 aliphatic carbocycles. The Morgan fingerprint density at radius 2 is 2.04 bits per heavy atom. The zero-order valence-electron chi connectivity index (χ0n) is 16.1. The zero-order chi connectivity index (χ0) is 20.6. The Labute approximate surface area is 162 Å². The summed E-state index contributed by atoms with van der Waals surface area (Å²) in [5.74, 6) is 0.594. The predicted octanol–water partition coefficient (Wildman–Crippen LogP) is 2.93. The molecular formula is C19H26F3N3O3. The number of alkyl halides is 3. The smallest absolute Gasteiger partial charge is 0.416 e. The van der Waals surface area contributed by atoms with Gasteiger partial charge in [-0.05, 0) is 38.0 Å². The number of nitrogens with one attached hydrogen (secondary N) is 1. The van der Waals surface area contributed by atoms with Gasteiger partial charge in [-0.25, -0.2) is 4.99 Å². The van der Waals surface area contributed by atoms with Gasteiger partial charge >= 0.3 is 12.1 Å². The number of carbonyl (C=O) groups is 1. The van der Waals surface area contributed by atoms with E-state index in [1.807, 2.05) is 6.92 Å². The lowest BCUT2D eigenvalue weighted by atomic mass is 9.97. The number of aliphatic imine (C=N–C) groups is 1. The van der Waals surface area contributed by atoms with Gasteiger partial charge in [0.25, 0.3) is 0 Å². The van der Waals surface area contributed by atoms with Gasteiger partial charge in [-0.15, -0.1) is 0 Å². The average Bonchev–Trinajstić information content (AvgIpc) is 2.69. The Kier molecular flexibility index (Phi) is 7.95. The van der Waals surface area contributed by atoms with E-state index in [0.717, 1.165) is 12.1 Å². The molecule has 28 heavy (non-hydrogen) atoms. The van der Waals surface area contributed by atoms with Gasteiger partial charge in [0.2, 0.25) is 0 Å². The number of carbonyl (C=O) groups excluding carboxylic acids is 1. The summed E-state index contributed by atoms with van der Waals surface area (Å²) in [5, 5.41) is 3.19. The molecule has 1 saturated heterocycles. The molecule has 1 fully saturated rings. The first-order valence-electron chi connectivity index (χ1n) is 9.26. The van der Waals surface area contributed by atoms with E-state index in [-0.39, 0.29) is 24.2 Å². The van der Waals surface area contributed by atoms with E-state index in [0.29, 0.717) is 45.0 Å². The number of ether oxygens (including phenoxy) is 2. The Balaban J connectivity index is 1.87. The Bertz CT molecular complexity index is 672. The lowest BCUT2D eigenvalue weighted by Crippen LogP contribution is -2.46. The molecule has 9 heteroatoms. The van der Waals surface area contributed by atoms with Crippen molar-refractivity contribution in [2.24, 2.45) is 10.9 Å². The van der Waals surface area contributed by atoms with E-state index >= 15 is 0 Å². The summed E-state index contributed by atoms with van der Waals surface area (Å²) in [5.41, 5.74) is -0.740. The van der Waals surface area contributed by atoms with Gasteiger partial charge in [-0.3, -0.25) is 4.79 Å². The fourth-order valence-corrected chi connectivity index (χ4v) is 3.00. The molecule has 0 bridgehead atoms. The number of esters is 1. The van der Waals surface area contributed by atoms with Crippen molar-refractivity contribution in [2.75, 3.05) is 39.9 Å². The first-order chi connectivity index (χ1) is 13.3. The van der Waals surface area contributed by atoms with E-state index in [2.05, 4.69) is 15.2 Å². The minimum absolute atomic E-state index is 0.0895. The molecule has 1 heterocycles. The third kappa shape index (κ3) is 6.31. The van der Waals surface area contributed by atoms with Crippen molar-refractivity contribution in [3.63, 3.8) is 0 Å². The number of guanidine groups is 1. The highest BCUT2D eigenvalue weighted by Gasteiger charge is 2.30. The van der Waals surface area contributed by atoms with Gasteiger partial charge in [0.15, 0.2) is 5.96 Å². The van der Waals surface area contributed by atoms with Crippen LogP contribution in [0.2, 0.25) is 0 Å². The molecule has 1 aromatic carbocycles. The standard InChI is InChI=1S/C19H26F3N3O3/c1-3-23-18(25-10-7-14(8-11-25)17(26)27-2)24-9-12-28-16-6-4-5-15(13-16)19(20,21)22/h4-6,13-14H,3,7-12H2,1-2H3,(H,23,24). The lowest BCUT2D eigenvalue weighted by molar-refractivity contribution is -0.146. The fourth-order valence-electron chi connectivity index (χ4n) is 3.00. The van der Waals surface area contributed by atoms with E-state index in [1.54, 1.807) is 0 Å². The number of nitrogens with zero attached hydrogens (tertiary/aromatic N) is 2. The monoisotopic (exact) mass is 401 g/mol. The Morgan fingerprint density at radius 1 is 1.32 bits per heavy atom. The van der Waals surface area contributed by atoms with E-state index < -0.39 is 11.7 Å². The maximum absolute atomic E-state index is 12.7. The molecule has 2 rings (SSSR count). The summed E-state index contributed by atoms with van der Waals surface area (Å²) >= 11 is 0. The van der Waals surface area contributed by atoms with Crippen molar-refractivity contribution in [3.8, 4) is 5.75 Å². The minimum Gasteiger partial charge on any atom is -0.492 e. The van der Waals surface area contributed by atoms with Crippen molar-refractivity contribution in [3.05, 3.63) is 29.8 Å². The molecule has 0 unspecified atom stereocenters. The number of piperidine rings is 1. The molecule has 1 aliphatic heterocycles. The first kappa shape index (κ1) is 21.8. The van der Waals surface area contributed by atoms with Crippen LogP contribution >= 0.6 is 0 Å².